The maximum absolute atomic E-state index is 5.62. The number of rotatable bonds is 7. The Morgan fingerprint density at radius 2 is 2.12 bits per heavy atom. The summed E-state index contributed by atoms with van der Waals surface area (Å²) in [5.74, 6) is 0. The van der Waals surface area contributed by atoms with Gasteiger partial charge in [0.1, 0.15) is 0 Å². The number of pyridine rings is 1. The summed E-state index contributed by atoms with van der Waals surface area (Å²) in [7, 11) is 1.73. The molecule has 1 fully saturated rings. The molecule has 0 spiro atoms. The van der Waals surface area contributed by atoms with Crippen LogP contribution in [0.1, 0.15) is 36.8 Å². The lowest BCUT2D eigenvalue weighted by molar-refractivity contribution is 0.184. The van der Waals surface area contributed by atoms with Gasteiger partial charge in [-0.25, -0.2) is 0 Å². The highest BCUT2D eigenvalue weighted by Gasteiger charge is 2.40. The lowest BCUT2D eigenvalue weighted by Crippen LogP contribution is -2.31. The van der Waals surface area contributed by atoms with Gasteiger partial charge in [0.2, 0.25) is 0 Å². The van der Waals surface area contributed by atoms with Crippen LogP contribution in [0, 0.1) is 0 Å². The molecule has 0 aliphatic carbocycles. The summed E-state index contributed by atoms with van der Waals surface area (Å²) >= 11 is 5.62. The molecule has 0 bridgehead atoms. The minimum absolute atomic E-state index is 0.0569. The molecular weight excluding hydrogens is 320 g/mol. The van der Waals surface area contributed by atoms with Gasteiger partial charge in [0.05, 0.1) is 24.4 Å². The van der Waals surface area contributed by atoms with Crippen LogP contribution < -0.4 is 5.32 Å². The van der Waals surface area contributed by atoms with E-state index in [0.29, 0.717) is 6.61 Å². The van der Waals surface area contributed by atoms with E-state index in [2.05, 4.69) is 51.1 Å². The average Bonchev–Trinajstić information content (AvgIpc) is 3.19. The molecule has 5 nitrogen and oxygen atoms in total. The predicted octanol–water partition coefficient (Wildman–Crippen LogP) is 2.91. The molecule has 1 N–H and O–H groups in total. The molecule has 0 saturated carbocycles. The molecule has 0 unspecified atom stereocenters. The molecule has 0 radical (unpaired) electrons. The third kappa shape index (κ3) is 3.30. The average molecular weight is 344 g/mol. The minimum Gasteiger partial charge on any atom is -0.383 e. The number of nitrogens with one attached hydrogen (secondary N) is 1. The van der Waals surface area contributed by atoms with E-state index < -0.39 is 0 Å². The number of ether oxygens (including phenoxy) is 1. The van der Waals surface area contributed by atoms with Crippen molar-refractivity contribution in [2.45, 2.75) is 32.0 Å². The fourth-order valence-electron chi connectivity index (χ4n) is 3.30. The zero-order valence-electron chi connectivity index (χ0n) is 14.2. The number of aromatic nitrogens is 2. The Balaban J connectivity index is 1.98. The van der Waals surface area contributed by atoms with Crippen molar-refractivity contribution in [3.63, 3.8) is 0 Å². The van der Waals surface area contributed by atoms with Gasteiger partial charge in [-0.2, -0.15) is 0 Å². The second-order valence-electron chi connectivity index (χ2n) is 5.94. The van der Waals surface area contributed by atoms with E-state index in [4.69, 9.17) is 17.0 Å². The summed E-state index contributed by atoms with van der Waals surface area (Å²) in [6, 6.07) is 10.5. The summed E-state index contributed by atoms with van der Waals surface area (Å²) in [5, 5.41) is 4.28. The Bertz CT molecular complexity index is 673. The molecule has 128 valence electrons. The second-order valence-corrected chi connectivity index (χ2v) is 6.33. The van der Waals surface area contributed by atoms with Crippen LogP contribution in [0.4, 0.5) is 0 Å². The quantitative estimate of drug-likeness (QED) is 0.782. The second kappa shape index (κ2) is 7.77. The van der Waals surface area contributed by atoms with E-state index >= 15 is 0 Å². The van der Waals surface area contributed by atoms with Crippen molar-refractivity contribution in [2.24, 2.45) is 0 Å². The highest BCUT2D eigenvalue weighted by atomic mass is 32.1. The molecule has 6 heteroatoms. The summed E-state index contributed by atoms with van der Waals surface area (Å²) < 4.78 is 7.50. The largest absolute Gasteiger partial charge is 0.383 e. The zero-order valence-corrected chi connectivity index (χ0v) is 15.0. The molecule has 3 heterocycles. The van der Waals surface area contributed by atoms with Crippen LogP contribution in [-0.2, 0) is 11.3 Å². The van der Waals surface area contributed by atoms with Crippen molar-refractivity contribution in [1.29, 1.82) is 0 Å². The normalized spacial score (nSPS) is 20.4. The van der Waals surface area contributed by atoms with Crippen molar-refractivity contribution in [2.75, 3.05) is 20.3 Å². The van der Waals surface area contributed by atoms with Crippen LogP contribution >= 0.6 is 12.2 Å². The van der Waals surface area contributed by atoms with Crippen LogP contribution in [0.5, 0.6) is 0 Å². The van der Waals surface area contributed by atoms with Crippen LogP contribution in [0.25, 0.3) is 0 Å². The van der Waals surface area contributed by atoms with Crippen molar-refractivity contribution in [3.05, 3.63) is 54.1 Å². The molecule has 1 aliphatic rings. The molecular formula is C18H24N4OS. The van der Waals surface area contributed by atoms with Gasteiger partial charge in [0.25, 0.3) is 0 Å². The van der Waals surface area contributed by atoms with Gasteiger partial charge in [-0.05, 0) is 42.9 Å². The third-order valence-electron chi connectivity index (χ3n) is 4.37. The van der Waals surface area contributed by atoms with Crippen LogP contribution in [0.3, 0.4) is 0 Å². The number of thiocarbonyl (C=S) groups is 1. The molecule has 3 rings (SSSR count). The van der Waals surface area contributed by atoms with E-state index in [0.717, 1.165) is 30.3 Å². The predicted molar refractivity (Wildman–Crippen MR) is 98.8 cm³/mol. The summed E-state index contributed by atoms with van der Waals surface area (Å²) in [5.41, 5.74) is 2.26. The Hall–Kier alpha value is -1.92. The summed E-state index contributed by atoms with van der Waals surface area (Å²) in [4.78, 5) is 6.84. The highest BCUT2D eigenvalue weighted by Crippen LogP contribution is 2.38. The molecule has 24 heavy (non-hydrogen) atoms. The van der Waals surface area contributed by atoms with Gasteiger partial charge in [0, 0.05) is 38.3 Å². The van der Waals surface area contributed by atoms with Crippen molar-refractivity contribution < 1.29 is 4.74 Å². The first kappa shape index (κ1) is 16.9. The zero-order chi connectivity index (χ0) is 16.9. The minimum atomic E-state index is 0.0569. The summed E-state index contributed by atoms with van der Waals surface area (Å²) in [6.07, 6.45) is 4.99. The lowest BCUT2D eigenvalue weighted by atomic mass is 10.0. The monoisotopic (exact) mass is 344 g/mol. The maximum Gasteiger partial charge on any atom is 0.170 e. The Morgan fingerprint density at radius 1 is 1.25 bits per heavy atom. The topological polar surface area (TPSA) is 42.3 Å². The van der Waals surface area contributed by atoms with Gasteiger partial charge < -0.3 is 19.5 Å². The van der Waals surface area contributed by atoms with E-state index in [1.165, 1.54) is 5.69 Å². The van der Waals surface area contributed by atoms with E-state index in [1.54, 1.807) is 7.11 Å². The number of methoxy groups -OCH3 is 1. The molecule has 2 aromatic heterocycles. The SMILES string of the molecule is CCCN1C(=S)N[C@@H](c2ccccn2)[C@H]1c1cccn1CCOC. The van der Waals surface area contributed by atoms with E-state index in [9.17, 15) is 0 Å². The number of hydrogen-bond acceptors (Lipinski definition) is 3. The van der Waals surface area contributed by atoms with Gasteiger partial charge in [-0.1, -0.05) is 13.0 Å². The number of hydrogen-bond donors (Lipinski definition) is 1. The summed E-state index contributed by atoms with van der Waals surface area (Å²) in [6.45, 7) is 4.62. The Labute approximate surface area is 148 Å². The first-order chi connectivity index (χ1) is 11.8. The standard InChI is InChI=1S/C18H24N4OS/c1-3-10-22-17(15-8-6-11-21(15)12-13-23-2)16(20-18(22)24)14-7-4-5-9-19-14/h4-9,11,16-17H,3,10,12-13H2,1-2H3,(H,20,24)/t16-,17+/m0/s1. The van der Waals surface area contributed by atoms with E-state index in [-0.39, 0.29) is 12.1 Å². The van der Waals surface area contributed by atoms with Gasteiger partial charge in [0.15, 0.2) is 5.11 Å². The maximum atomic E-state index is 5.62. The van der Waals surface area contributed by atoms with Crippen LogP contribution in [0.2, 0.25) is 0 Å². The van der Waals surface area contributed by atoms with Gasteiger partial charge >= 0.3 is 0 Å². The molecule has 2 aromatic rings. The first-order valence-corrected chi connectivity index (χ1v) is 8.79. The molecule has 2 atom stereocenters. The first-order valence-electron chi connectivity index (χ1n) is 8.38. The lowest BCUT2D eigenvalue weighted by Gasteiger charge is -2.28. The molecule has 1 saturated heterocycles. The fourth-order valence-corrected chi connectivity index (χ4v) is 3.63. The highest BCUT2D eigenvalue weighted by molar-refractivity contribution is 7.80. The fraction of sp³-hybridized carbons (Fsp3) is 0.444. The third-order valence-corrected chi connectivity index (χ3v) is 4.72. The molecule has 0 amide bonds. The van der Waals surface area contributed by atoms with Crippen LogP contribution in [0.15, 0.2) is 42.7 Å². The Morgan fingerprint density at radius 3 is 2.83 bits per heavy atom. The number of nitrogens with zero attached hydrogens (tertiary/aromatic N) is 3. The van der Waals surface area contributed by atoms with Crippen molar-refractivity contribution in [1.82, 2.24) is 19.8 Å². The molecule has 1 aliphatic heterocycles. The molecule has 0 aromatic carbocycles. The van der Waals surface area contributed by atoms with Gasteiger partial charge in [-0.3, -0.25) is 4.98 Å². The van der Waals surface area contributed by atoms with Crippen molar-refractivity contribution >= 4 is 17.3 Å². The Kier molecular flexibility index (Phi) is 5.48. The van der Waals surface area contributed by atoms with E-state index in [1.807, 2.05) is 18.3 Å². The van der Waals surface area contributed by atoms with Crippen molar-refractivity contribution in [3.8, 4) is 0 Å². The van der Waals surface area contributed by atoms with Gasteiger partial charge in [-0.15, -0.1) is 0 Å². The smallest absolute Gasteiger partial charge is 0.170 e. The van der Waals surface area contributed by atoms with Crippen LogP contribution in [-0.4, -0.2) is 39.8 Å².